The van der Waals surface area contributed by atoms with Crippen LogP contribution in [0.1, 0.15) is 58.8 Å². The number of rotatable bonds is 5. The molecule has 0 aromatic heterocycles. The zero-order chi connectivity index (χ0) is 9.52. The lowest BCUT2D eigenvalue weighted by Crippen LogP contribution is -2.20. The Morgan fingerprint density at radius 3 is 2.31 bits per heavy atom. The topological polar surface area (TPSA) is 0 Å². The fraction of sp³-hybridized carbons (Fsp3) is 1.00. The highest BCUT2D eigenvalue weighted by atomic mass is 32.2. The van der Waals surface area contributed by atoms with E-state index in [0.717, 1.165) is 11.2 Å². The van der Waals surface area contributed by atoms with E-state index in [9.17, 15) is 0 Å². The summed E-state index contributed by atoms with van der Waals surface area (Å²) in [6.07, 6.45) is 10.1. The minimum Gasteiger partial charge on any atom is -0.158 e. The Labute approximate surface area is 87.9 Å². The second-order valence-corrected chi connectivity index (χ2v) is 5.59. The van der Waals surface area contributed by atoms with Gasteiger partial charge in [-0.2, -0.15) is 11.8 Å². The third-order valence-electron chi connectivity index (χ3n) is 3.06. The predicted octanol–water partition coefficient (Wildman–Crippen LogP) is 4.49. The average molecular weight is 200 g/mol. The van der Waals surface area contributed by atoms with Crippen molar-refractivity contribution < 1.29 is 0 Å². The summed E-state index contributed by atoms with van der Waals surface area (Å²) in [5.74, 6) is 2.45. The SMILES string of the molecule is CCCC(CCC)C1CCCCS1. The number of hydrogen-bond donors (Lipinski definition) is 0. The highest BCUT2D eigenvalue weighted by Crippen LogP contribution is 2.35. The summed E-state index contributed by atoms with van der Waals surface area (Å²) in [6.45, 7) is 4.66. The van der Waals surface area contributed by atoms with Gasteiger partial charge in [0.15, 0.2) is 0 Å². The smallest absolute Gasteiger partial charge is 0.00753 e. The molecular formula is C12H24S. The first-order valence-electron chi connectivity index (χ1n) is 6.00. The molecule has 0 aromatic rings. The van der Waals surface area contributed by atoms with Gasteiger partial charge in [0.1, 0.15) is 0 Å². The number of hydrogen-bond acceptors (Lipinski definition) is 1. The van der Waals surface area contributed by atoms with Crippen LogP contribution in [0.2, 0.25) is 0 Å². The molecule has 1 fully saturated rings. The molecule has 1 saturated heterocycles. The van der Waals surface area contributed by atoms with Crippen LogP contribution in [0.25, 0.3) is 0 Å². The van der Waals surface area contributed by atoms with E-state index in [1.165, 1.54) is 50.7 Å². The maximum absolute atomic E-state index is 2.33. The van der Waals surface area contributed by atoms with E-state index < -0.39 is 0 Å². The van der Waals surface area contributed by atoms with Crippen LogP contribution < -0.4 is 0 Å². The molecule has 1 aliphatic heterocycles. The number of thioether (sulfide) groups is 1. The van der Waals surface area contributed by atoms with Crippen molar-refractivity contribution in [2.75, 3.05) is 5.75 Å². The van der Waals surface area contributed by atoms with Crippen LogP contribution in [-0.4, -0.2) is 11.0 Å². The summed E-state index contributed by atoms with van der Waals surface area (Å²) < 4.78 is 0. The van der Waals surface area contributed by atoms with Gasteiger partial charge in [0.25, 0.3) is 0 Å². The molecule has 1 aliphatic rings. The van der Waals surface area contributed by atoms with E-state index in [1.807, 2.05) is 0 Å². The molecule has 0 radical (unpaired) electrons. The van der Waals surface area contributed by atoms with Gasteiger partial charge in [-0.25, -0.2) is 0 Å². The van der Waals surface area contributed by atoms with Crippen molar-refractivity contribution in [2.45, 2.75) is 64.0 Å². The standard InChI is InChI=1S/C12H24S/c1-3-7-11(8-4-2)12-9-5-6-10-13-12/h11-12H,3-10H2,1-2H3. The maximum atomic E-state index is 2.33. The van der Waals surface area contributed by atoms with Crippen molar-refractivity contribution in [2.24, 2.45) is 5.92 Å². The first-order valence-corrected chi connectivity index (χ1v) is 7.05. The van der Waals surface area contributed by atoms with Crippen molar-refractivity contribution in [3.05, 3.63) is 0 Å². The molecule has 0 bridgehead atoms. The van der Waals surface area contributed by atoms with Gasteiger partial charge < -0.3 is 0 Å². The zero-order valence-electron chi connectivity index (χ0n) is 9.22. The molecule has 78 valence electrons. The van der Waals surface area contributed by atoms with Crippen molar-refractivity contribution in [3.63, 3.8) is 0 Å². The molecule has 1 rings (SSSR count). The van der Waals surface area contributed by atoms with Gasteiger partial charge in [-0.1, -0.05) is 33.1 Å². The van der Waals surface area contributed by atoms with Gasteiger partial charge in [0.2, 0.25) is 0 Å². The van der Waals surface area contributed by atoms with Crippen molar-refractivity contribution in [1.29, 1.82) is 0 Å². The molecule has 1 atom stereocenters. The summed E-state index contributed by atoms with van der Waals surface area (Å²) in [7, 11) is 0. The van der Waals surface area contributed by atoms with Crippen LogP contribution in [0, 0.1) is 5.92 Å². The van der Waals surface area contributed by atoms with Gasteiger partial charge in [-0.3, -0.25) is 0 Å². The van der Waals surface area contributed by atoms with Crippen LogP contribution >= 0.6 is 11.8 Å². The molecule has 0 aliphatic carbocycles. The lowest BCUT2D eigenvalue weighted by Gasteiger charge is -2.29. The minimum absolute atomic E-state index is 1.01. The average Bonchev–Trinajstić information content (AvgIpc) is 2.19. The zero-order valence-corrected chi connectivity index (χ0v) is 10.0. The maximum Gasteiger partial charge on any atom is 0.00753 e. The Bertz CT molecular complexity index is 110. The van der Waals surface area contributed by atoms with Gasteiger partial charge in [0, 0.05) is 5.25 Å². The van der Waals surface area contributed by atoms with E-state index >= 15 is 0 Å². The van der Waals surface area contributed by atoms with Crippen LogP contribution in [0.5, 0.6) is 0 Å². The minimum atomic E-state index is 1.01. The second kappa shape index (κ2) is 6.75. The van der Waals surface area contributed by atoms with E-state index in [0.29, 0.717) is 0 Å². The Morgan fingerprint density at radius 1 is 1.15 bits per heavy atom. The predicted molar refractivity (Wildman–Crippen MR) is 63.4 cm³/mol. The summed E-state index contributed by atoms with van der Waals surface area (Å²) >= 11 is 2.25. The molecule has 0 aromatic carbocycles. The first kappa shape index (κ1) is 11.4. The van der Waals surface area contributed by atoms with Crippen LogP contribution in [0.15, 0.2) is 0 Å². The summed E-state index contributed by atoms with van der Waals surface area (Å²) in [5.41, 5.74) is 0. The van der Waals surface area contributed by atoms with Gasteiger partial charge in [-0.15, -0.1) is 0 Å². The van der Waals surface area contributed by atoms with Crippen LogP contribution in [0.3, 0.4) is 0 Å². The molecule has 1 heterocycles. The largest absolute Gasteiger partial charge is 0.158 e. The van der Waals surface area contributed by atoms with Crippen LogP contribution in [-0.2, 0) is 0 Å². The monoisotopic (exact) mass is 200 g/mol. The van der Waals surface area contributed by atoms with Crippen LogP contribution in [0.4, 0.5) is 0 Å². The molecule has 0 nitrogen and oxygen atoms in total. The Hall–Kier alpha value is 0.350. The normalized spacial score (nSPS) is 23.8. The van der Waals surface area contributed by atoms with E-state index in [-0.39, 0.29) is 0 Å². The lowest BCUT2D eigenvalue weighted by molar-refractivity contribution is 0.401. The van der Waals surface area contributed by atoms with Crippen molar-refractivity contribution in [1.82, 2.24) is 0 Å². The molecular weight excluding hydrogens is 176 g/mol. The molecule has 1 heteroatoms. The quantitative estimate of drug-likeness (QED) is 0.630. The van der Waals surface area contributed by atoms with Gasteiger partial charge in [0.05, 0.1) is 0 Å². The lowest BCUT2D eigenvalue weighted by atomic mass is 9.91. The van der Waals surface area contributed by atoms with Crippen molar-refractivity contribution >= 4 is 11.8 Å². The third-order valence-corrected chi connectivity index (χ3v) is 4.63. The fourth-order valence-corrected chi connectivity index (χ4v) is 3.95. The van der Waals surface area contributed by atoms with E-state index in [1.54, 1.807) is 0 Å². The third kappa shape index (κ3) is 3.93. The summed E-state index contributed by atoms with van der Waals surface area (Å²) in [4.78, 5) is 0. The molecule has 0 saturated carbocycles. The van der Waals surface area contributed by atoms with E-state index in [4.69, 9.17) is 0 Å². The molecule has 1 unspecified atom stereocenters. The van der Waals surface area contributed by atoms with E-state index in [2.05, 4.69) is 25.6 Å². The molecule has 0 N–H and O–H groups in total. The molecule has 13 heavy (non-hydrogen) atoms. The second-order valence-electron chi connectivity index (χ2n) is 4.24. The molecule has 0 amide bonds. The molecule has 0 spiro atoms. The summed E-state index contributed by atoms with van der Waals surface area (Å²) in [6, 6.07) is 0. The van der Waals surface area contributed by atoms with Crippen molar-refractivity contribution in [3.8, 4) is 0 Å². The first-order chi connectivity index (χ1) is 6.38. The van der Waals surface area contributed by atoms with Gasteiger partial charge in [-0.05, 0) is 37.4 Å². The Morgan fingerprint density at radius 2 is 1.85 bits per heavy atom. The highest BCUT2D eigenvalue weighted by Gasteiger charge is 2.22. The summed E-state index contributed by atoms with van der Waals surface area (Å²) in [5, 5.41) is 1.01. The Kier molecular flexibility index (Phi) is 5.93. The fourth-order valence-electron chi connectivity index (χ4n) is 2.40. The Balaban J connectivity index is 2.32. The highest BCUT2D eigenvalue weighted by molar-refractivity contribution is 7.99. The van der Waals surface area contributed by atoms with Gasteiger partial charge >= 0.3 is 0 Å².